The summed E-state index contributed by atoms with van der Waals surface area (Å²) in [6.45, 7) is 0. The monoisotopic (exact) mass is 261 g/mol. The van der Waals surface area contributed by atoms with Crippen LogP contribution in [0.5, 0.6) is 0 Å². The van der Waals surface area contributed by atoms with E-state index in [-0.39, 0.29) is 5.88 Å². The minimum Gasteiger partial charge on any atom is -0.443 e. The lowest BCUT2D eigenvalue weighted by molar-refractivity contribution is 0.571. The molecule has 5 heteroatoms. The van der Waals surface area contributed by atoms with Gasteiger partial charge in [0.1, 0.15) is 5.69 Å². The fraction of sp³-hybridized carbons (Fsp3) is 0.100. The van der Waals surface area contributed by atoms with Gasteiger partial charge in [-0.25, -0.2) is 4.98 Å². The number of benzene rings is 1. The Balaban J connectivity index is 2.58. The molecule has 0 unspecified atom stereocenters. The van der Waals surface area contributed by atoms with Crippen LogP contribution in [0, 0.1) is 0 Å². The Morgan fingerprint density at radius 2 is 2.07 bits per heavy atom. The molecule has 1 heterocycles. The number of hydrogen-bond acceptors (Lipinski definition) is 2. The van der Waals surface area contributed by atoms with E-state index >= 15 is 0 Å². The molecular weight excluding hydrogens is 256 g/mol. The lowest BCUT2D eigenvalue weighted by Crippen LogP contribution is -1.84. The van der Waals surface area contributed by atoms with Crippen LogP contribution in [0.2, 0.25) is 10.0 Å². The molecule has 78 valence electrons. The Bertz CT molecular complexity index is 481. The SMILES string of the molecule is ClCc1ncoc1-c1cc(Cl)ccc1Cl. The van der Waals surface area contributed by atoms with Gasteiger partial charge < -0.3 is 4.42 Å². The average molecular weight is 263 g/mol. The molecule has 0 radical (unpaired) electrons. The van der Waals surface area contributed by atoms with Crippen LogP contribution in [-0.2, 0) is 5.88 Å². The summed E-state index contributed by atoms with van der Waals surface area (Å²) in [6, 6.07) is 5.14. The number of hydrogen-bond donors (Lipinski definition) is 0. The third-order valence-corrected chi connectivity index (χ3v) is 2.76. The molecule has 0 N–H and O–H groups in total. The highest BCUT2D eigenvalue weighted by Gasteiger charge is 2.13. The molecule has 2 aromatic rings. The van der Waals surface area contributed by atoms with Gasteiger partial charge in [0.2, 0.25) is 0 Å². The van der Waals surface area contributed by atoms with Gasteiger partial charge in [-0.05, 0) is 18.2 Å². The first-order chi connectivity index (χ1) is 7.22. The van der Waals surface area contributed by atoms with E-state index in [1.54, 1.807) is 18.2 Å². The van der Waals surface area contributed by atoms with Crippen molar-refractivity contribution in [2.75, 3.05) is 0 Å². The Labute approximate surface area is 102 Å². The summed E-state index contributed by atoms with van der Waals surface area (Å²) in [6.07, 6.45) is 1.34. The summed E-state index contributed by atoms with van der Waals surface area (Å²) < 4.78 is 5.24. The van der Waals surface area contributed by atoms with Crippen molar-refractivity contribution < 1.29 is 4.42 Å². The zero-order valence-corrected chi connectivity index (χ0v) is 9.77. The van der Waals surface area contributed by atoms with Crippen LogP contribution in [-0.4, -0.2) is 4.98 Å². The van der Waals surface area contributed by atoms with Crippen LogP contribution in [0.1, 0.15) is 5.69 Å². The molecule has 0 atom stereocenters. The maximum Gasteiger partial charge on any atom is 0.181 e. The van der Waals surface area contributed by atoms with Crippen molar-refractivity contribution in [2.24, 2.45) is 0 Å². The van der Waals surface area contributed by atoms with Gasteiger partial charge in [-0.2, -0.15) is 0 Å². The molecule has 0 saturated heterocycles. The molecule has 1 aromatic heterocycles. The minimum absolute atomic E-state index is 0.272. The Morgan fingerprint density at radius 1 is 1.27 bits per heavy atom. The molecular formula is C10H6Cl3NO. The second kappa shape index (κ2) is 4.44. The third kappa shape index (κ3) is 2.12. The van der Waals surface area contributed by atoms with Gasteiger partial charge in [-0.15, -0.1) is 11.6 Å². The molecule has 0 amide bonds. The first-order valence-electron chi connectivity index (χ1n) is 4.16. The largest absolute Gasteiger partial charge is 0.443 e. The van der Waals surface area contributed by atoms with Gasteiger partial charge >= 0.3 is 0 Å². The summed E-state index contributed by atoms with van der Waals surface area (Å²) in [5.41, 5.74) is 1.36. The summed E-state index contributed by atoms with van der Waals surface area (Å²) in [4.78, 5) is 3.98. The fourth-order valence-electron chi connectivity index (χ4n) is 1.25. The molecule has 15 heavy (non-hydrogen) atoms. The van der Waals surface area contributed by atoms with Crippen molar-refractivity contribution >= 4 is 34.8 Å². The first-order valence-corrected chi connectivity index (χ1v) is 5.45. The fourth-order valence-corrected chi connectivity index (χ4v) is 1.82. The van der Waals surface area contributed by atoms with Crippen LogP contribution in [0.4, 0.5) is 0 Å². The molecule has 0 fully saturated rings. The van der Waals surface area contributed by atoms with E-state index in [2.05, 4.69) is 4.98 Å². The summed E-state index contributed by atoms with van der Waals surface area (Å²) in [5, 5.41) is 1.15. The van der Waals surface area contributed by atoms with Crippen LogP contribution in [0.15, 0.2) is 29.0 Å². The average Bonchev–Trinajstić information content (AvgIpc) is 2.69. The maximum absolute atomic E-state index is 6.03. The standard InChI is InChI=1S/C10H6Cl3NO/c11-4-9-10(15-5-14-9)7-3-6(12)1-2-8(7)13/h1-3,5H,4H2. The smallest absolute Gasteiger partial charge is 0.181 e. The van der Waals surface area contributed by atoms with E-state index in [4.69, 9.17) is 39.2 Å². The highest BCUT2D eigenvalue weighted by molar-refractivity contribution is 6.35. The lowest BCUT2D eigenvalue weighted by Gasteiger charge is -2.02. The summed E-state index contributed by atoms with van der Waals surface area (Å²) in [5.74, 6) is 0.840. The van der Waals surface area contributed by atoms with Crippen molar-refractivity contribution in [3.05, 3.63) is 40.3 Å². The first kappa shape index (κ1) is 10.8. The number of halogens is 3. The number of alkyl halides is 1. The topological polar surface area (TPSA) is 26.0 Å². The van der Waals surface area contributed by atoms with Crippen LogP contribution >= 0.6 is 34.8 Å². The minimum atomic E-state index is 0.272. The maximum atomic E-state index is 6.03. The van der Waals surface area contributed by atoms with E-state index in [0.29, 0.717) is 27.1 Å². The molecule has 2 rings (SSSR count). The van der Waals surface area contributed by atoms with Crippen molar-refractivity contribution in [3.63, 3.8) is 0 Å². The van der Waals surface area contributed by atoms with E-state index in [1.165, 1.54) is 6.39 Å². The second-order valence-electron chi connectivity index (χ2n) is 2.89. The van der Waals surface area contributed by atoms with Gasteiger partial charge in [0, 0.05) is 10.6 Å². The Hall–Kier alpha value is -0.700. The predicted molar refractivity (Wildman–Crippen MR) is 61.5 cm³/mol. The highest BCUT2D eigenvalue weighted by Crippen LogP contribution is 2.32. The summed E-state index contributed by atoms with van der Waals surface area (Å²) >= 11 is 17.6. The molecule has 0 bridgehead atoms. The molecule has 2 nitrogen and oxygen atoms in total. The highest BCUT2D eigenvalue weighted by atomic mass is 35.5. The predicted octanol–water partition coefficient (Wildman–Crippen LogP) is 4.39. The number of aromatic nitrogens is 1. The van der Waals surface area contributed by atoms with Gasteiger partial charge in [-0.1, -0.05) is 23.2 Å². The van der Waals surface area contributed by atoms with Crippen molar-refractivity contribution in [1.29, 1.82) is 0 Å². The Kier molecular flexibility index (Phi) is 3.19. The molecule has 1 aromatic carbocycles. The quantitative estimate of drug-likeness (QED) is 0.750. The molecule has 0 saturated carbocycles. The second-order valence-corrected chi connectivity index (χ2v) is 4.00. The van der Waals surface area contributed by atoms with Crippen LogP contribution < -0.4 is 0 Å². The lowest BCUT2D eigenvalue weighted by atomic mass is 10.1. The third-order valence-electron chi connectivity index (χ3n) is 1.94. The van der Waals surface area contributed by atoms with Crippen molar-refractivity contribution in [3.8, 4) is 11.3 Å². The molecule has 0 aliphatic heterocycles. The molecule has 0 spiro atoms. The van der Waals surface area contributed by atoms with Gasteiger partial charge in [0.25, 0.3) is 0 Å². The molecule has 0 aliphatic rings. The Morgan fingerprint density at radius 3 is 2.80 bits per heavy atom. The summed E-state index contributed by atoms with van der Waals surface area (Å²) in [7, 11) is 0. The zero-order valence-electron chi connectivity index (χ0n) is 7.51. The van der Waals surface area contributed by atoms with E-state index < -0.39 is 0 Å². The number of nitrogens with zero attached hydrogens (tertiary/aromatic N) is 1. The number of rotatable bonds is 2. The van der Waals surface area contributed by atoms with E-state index in [1.807, 2.05) is 0 Å². The van der Waals surface area contributed by atoms with E-state index in [0.717, 1.165) is 0 Å². The molecule has 0 aliphatic carbocycles. The normalized spacial score (nSPS) is 10.6. The van der Waals surface area contributed by atoms with Crippen LogP contribution in [0.3, 0.4) is 0 Å². The van der Waals surface area contributed by atoms with Crippen LogP contribution in [0.25, 0.3) is 11.3 Å². The van der Waals surface area contributed by atoms with Crippen molar-refractivity contribution in [1.82, 2.24) is 4.98 Å². The number of oxazole rings is 1. The van der Waals surface area contributed by atoms with Crippen molar-refractivity contribution in [2.45, 2.75) is 5.88 Å². The van der Waals surface area contributed by atoms with E-state index in [9.17, 15) is 0 Å². The van der Waals surface area contributed by atoms with Gasteiger partial charge in [-0.3, -0.25) is 0 Å². The zero-order chi connectivity index (χ0) is 10.8. The van der Waals surface area contributed by atoms with Gasteiger partial charge in [0.05, 0.1) is 10.9 Å². The van der Waals surface area contributed by atoms with Gasteiger partial charge in [0.15, 0.2) is 12.2 Å².